The molecule has 31 heavy (non-hydrogen) atoms. The highest BCUT2D eigenvalue weighted by molar-refractivity contribution is 5.93. The molecule has 3 atom stereocenters. The summed E-state index contributed by atoms with van der Waals surface area (Å²) in [6.07, 6.45) is 2.96. The maximum atomic E-state index is 13.0. The summed E-state index contributed by atoms with van der Waals surface area (Å²) in [7, 11) is 0. The van der Waals surface area contributed by atoms with Crippen molar-refractivity contribution in [3.63, 3.8) is 0 Å². The van der Waals surface area contributed by atoms with Crippen LogP contribution in [0.4, 0.5) is 0 Å². The molecule has 2 rings (SSSR count). The van der Waals surface area contributed by atoms with Crippen LogP contribution in [0.15, 0.2) is 24.3 Å². The lowest BCUT2D eigenvalue weighted by Gasteiger charge is -2.29. The van der Waals surface area contributed by atoms with Gasteiger partial charge in [0.1, 0.15) is 18.4 Å². The fourth-order valence-corrected chi connectivity index (χ4v) is 3.72. The number of Topliss-reactive ketones (excluding diaryl/α,β-unsaturated/α-hetero) is 1. The summed E-state index contributed by atoms with van der Waals surface area (Å²) in [5, 5.41) is 27.6. The summed E-state index contributed by atoms with van der Waals surface area (Å²) in [6.45, 7) is 4.73. The van der Waals surface area contributed by atoms with Crippen molar-refractivity contribution in [1.82, 2.24) is 16.0 Å². The van der Waals surface area contributed by atoms with Gasteiger partial charge >= 0.3 is 0 Å². The van der Waals surface area contributed by atoms with Crippen molar-refractivity contribution in [3.05, 3.63) is 29.8 Å². The first-order chi connectivity index (χ1) is 14.8. The number of aryl methyl sites for hydroxylation is 1. The van der Waals surface area contributed by atoms with E-state index in [0.29, 0.717) is 19.3 Å². The predicted octanol–water partition coefficient (Wildman–Crippen LogP) is 0.902. The van der Waals surface area contributed by atoms with Gasteiger partial charge in [-0.3, -0.25) is 14.4 Å². The summed E-state index contributed by atoms with van der Waals surface area (Å²) in [6, 6.07) is 5.03. The van der Waals surface area contributed by atoms with Crippen molar-refractivity contribution in [1.29, 1.82) is 0 Å². The number of hydrogen-bond acceptors (Lipinski definition) is 6. The summed E-state index contributed by atoms with van der Waals surface area (Å²) in [5.41, 5.74) is 0.903. The van der Waals surface area contributed by atoms with E-state index in [1.54, 1.807) is 24.3 Å². The largest absolute Gasteiger partial charge is 0.508 e. The van der Waals surface area contributed by atoms with Gasteiger partial charge in [0.25, 0.3) is 0 Å². The molecule has 1 aromatic carbocycles. The Hall–Kier alpha value is -2.45. The zero-order chi connectivity index (χ0) is 22.8. The number of rotatable bonds is 11. The van der Waals surface area contributed by atoms with Crippen molar-refractivity contribution in [2.24, 2.45) is 11.8 Å². The van der Waals surface area contributed by atoms with Crippen molar-refractivity contribution < 1.29 is 24.6 Å². The molecular weight excluding hydrogens is 398 g/mol. The van der Waals surface area contributed by atoms with Gasteiger partial charge < -0.3 is 26.2 Å². The van der Waals surface area contributed by atoms with Crippen LogP contribution in [0, 0.1) is 11.8 Å². The topological polar surface area (TPSA) is 128 Å². The highest BCUT2D eigenvalue weighted by atomic mass is 16.3. The second-order valence-electron chi connectivity index (χ2n) is 8.29. The summed E-state index contributed by atoms with van der Waals surface area (Å²) in [5.74, 6) is -1.08. The summed E-state index contributed by atoms with van der Waals surface area (Å²) in [4.78, 5) is 38.0. The number of benzene rings is 1. The van der Waals surface area contributed by atoms with Crippen LogP contribution in [0.1, 0.15) is 45.1 Å². The van der Waals surface area contributed by atoms with E-state index in [9.17, 15) is 24.6 Å². The first kappa shape index (κ1) is 24.8. The number of phenols is 1. The van der Waals surface area contributed by atoms with Gasteiger partial charge in [-0.05, 0) is 62.4 Å². The quantitative estimate of drug-likeness (QED) is 0.353. The number of ketones is 1. The van der Waals surface area contributed by atoms with Crippen molar-refractivity contribution >= 4 is 17.6 Å². The molecule has 0 spiro atoms. The molecule has 0 bridgehead atoms. The third-order valence-corrected chi connectivity index (χ3v) is 6.02. The van der Waals surface area contributed by atoms with Crippen LogP contribution in [-0.4, -0.2) is 59.6 Å². The van der Waals surface area contributed by atoms with E-state index in [1.165, 1.54) is 0 Å². The van der Waals surface area contributed by atoms with E-state index in [0.717, 1.165) is 31.5 Å². The average molecular weight is 434 g/mol. The molecule has 0 radical (unpaired) electrons. The highest BCUT2D eigenvalue weighted by Crippen LogP contribution is 2.16. The number of amides is 2. The fourth-order valence-electron chi connectivity index (χ4n) is 3.72. The second kappa shape index (κ2) is 12.4. The number of aliphatic hydroxyl groups is 1. The van der Waals surface area contributed by atoms with Gasteiger partial charge in [0.05, 0.1) is 6.04 Å². The summed E-state index contributed by atoms with van der Waals surface area (Å²) >= 11 is 0. The number of phenolic OH excluding ortho intramolecular Hbond substituents is 1. The van der Waals surface area contributed by atoms with Gasteiger partial charge in [-0.2, -0.15) is 0 Å². The minimum Gasteiger partial charge on any atom is -0.508 e. The smallest absolute Gasteiger partial charge is 0.243 e. The Morgan fingerprint density at radius 1 is 1.13 bits per heavy atom. The van der Waals surface area contributed by atoms with E-state index < -0.39 is 30.4 Å². The maximum Gasteiger partial charge on any atom is 0.243 e. The van der Waals surface area contributed by atoms with E-state index in [4.69, 9.17) is 0 Å². The van der Waals surface area contributed by atoms with Crippen LogP contribution in [0.5, 0.6) is 5.75 Å². The minimum absolute atomic E-state index is 0.104. The number of hydrogen-bond donors (Lipinski definition) is 5. The molecular formula is C23H35N3O5. The number of piperidine rings is 1. The van der Waals surface area contributed by atoms with Crippen LogP contribution in [0.2, 0.25) is 0 Å². The van der Waals surface area contributed by atoms with Crippen molar-refractivity contribution in [3.8, 4) is 5.75 Å². The van der Waals surface area contributed by atoms with Crippen LogP contribution < -0.4 is 16.0 Å². The second-order valence-corrected chi connectivity index (χ2v) is 8.29. The summed E-state index contributed by atoms with van der Waals surface area (Å²) < 4.78 is 0. The molecule has 2 unspecified atom stereocenters. The molecule has 1 heterocycles. The SMILES string of the molecule is CCC(C)[C@H](NC(=O)C1CCNCC1)C(=O)NC(CCc1ccc(O)cc1)C(=O)CO. The van der Waals surface area contributed by atoms with Gasteiger partial charge in [0.2, 0.25) is 11.8 Å². The molecule has 1 aliphatic heterocycles. The Morgan fingerprint density at radius 2 is 1.77 bits per heavy atom. The van der Waals surface area contributed by atoms with E-state index in [2.05, 4.69) is 16.0 Å². The Morgan fingerprint density at radius 3 is 2.35 bits per heavy atom. The molecule has 1 aliphatic rings. The first-order valence-electron chi connectivity index (χ1n) is 11.1. The van der Waals surface area contributed by atoms with Crippen LogP contribution in [0.3, 0.4) is 0 Å². The molecule has 8 nitrogen and oxygen atoms in total. The van der Waals surface area contributed by atoms with Gasteiger partial charge in [-0.15, -0.1) is 0 Å². The number of aliphatic hydroxyl groups excluding tert-OH is 1. The molecule has 1 aromatic rings. The Balaban J connectivity index is 2.04. The third kappa shape index (κ3) is 7.63. The zero-order valence-electron chi connectivity index (χ0n) is 18.4. The predicted molar refractivity (Wildman–Crippen MR) is 117 cm³/mol. The van der Waals surface area contributed by atoms with Crippen LogP contribution in [0.25, 0.3) is 0 Å². The molecule has 1 fully saturated rings. The lowest BCUT2D eigenvalue weighted by atomic mass is 9.93. The van der Waals surface area contributed by atoms with Crippen LogP contribution >= 0.6 is 0 Å². The number of nitrogens with one attached hydrogen (secondary N) is 3. The Labute approximate surface area is 183 Å². The third-order valence-electron chi connectivity index (χ3n) is 6.02. The highest BCUT2D eigenvalue weighted by Gasteiger charge is 2.31. The van der Waals surface area contributed by atoms with Crippen molar-refractivity contribution in [2.45, 2.75) is 58.0 Å². The molecule has 0 aromatic heterocycles. The lowest BCUT2D eigenvalue weighted by Crippen LogP contribution is -2.55. The maximum absolute atomic E-state index is 13.0. The Bertz CT molecular complexity index is 731. The van der Waals surface area contributed by atoms with E-state index in [1.807, 2.05) is 13.8 Å². The van der Waals surface area contributed by atoms with Gasteiger partial charge in [-0.25, -0.2) is 0 Å². The van der Waals surface area contributed by atoms with Crippen LogP contribution in [-0.2, 0) is 20.8 Å². The normalized spacial score (nSPS) is 17.4. The molecule has 0 saturated carbocycles. The monoisotopic (exact) mass is 433 g/mol. The molecule has 8 heteroatoms. The average Bonchev–Trinajstić information content (AvgIpc) is 2.80. The molecule has 1 saturated heterocycles. The minimum atomic E-state index is -0.853. The number of carbonyl (C=O) groups excluding carboxylic acids is 3. The van der Waals surface area contributed by atoms with Crippen molar-refractivity contribution in [2.75, 3.05) is 19.7 Å². The van der Waals surface area contributed by atoms with E-state index in [-0.39, 0.29) is 23.5 Å². The van der Waals surface area contributed by atoms with Gasteiger partial charge in [0.15, 0.2) is 5.78 Å². The number of carbonyl (C=O) groups is 3. The molecule has 0 aliphatic carbocycles. The fraction of sp³-hybridized carbons (Fsp3) is 0.609. The first-order valence-corrected chi connectivity index (χ1v) is 11.1. The molecule has 2 amide bonds. The van der Waals surface area contributed by atoms with Gasteiger partial charge in [-0.1, -0.05) is 32.4 Å². The Kier molecular flexibility index (Phi) is 9.94. The lowest BCUT2D eigenvalue weighted by molar-refractivity contribution is -0.134. The zero-order valence-corrected chi connectivity index (χ0v) is 18.4. The standard InChI is InChI=1S/C23H35N3O5/c1-3-15(2)21(26-22(30)17-10-12-24-13-11-17)23(31)25-19(20(29)14-27)9-6-16-4-7-18(28)8-5-16/h4-5,7-8,15,17,19,21,24,27-28H,3,6,9-14H2,1-2H3,(H,25,31)(H,26,30)/t15?,19?,21-/m0/s1. The molecule has 5 N–H and O–H groups in total. The van der Waals surface area contributed by atoms with E-state index >= 15 is 0 Å². The van der Waals surface area contributed by atoms with Gasteiger partial charge in [0, 0.05) is 5.92 Å². The number of aromatic hydroxyl groups is 1. The molecule has 172 valence electrons.